The van der Waals surface area contributed by atoms with Crippen molar-refractivity contribution in [1.29, 1.82) is 0 Å². The zero-order valence-corrected chi connectivity index (χ0v) is 11.2. The van der Waals surface area contributed by atoms with Crippen molar-refractivity contribution in [3.8, 4) is 0 Å². The van der Waals surface area contributed by atoms with Gasteiger partial charge in [-0.3, -0.25) is 4.79 Å². The molecule has 1 N–H and O–H groups in total. The van der Waals surface area contributed by atoms with Gasteiger partial charge in [0, 0.05) is 6.61 Å². The fraction of sp³-hybridized carbons (Fsp3) is 0.429. The zero-order valence-electron chi connectivity index (χ0n) is 11.2. The number of carbonyl (C=O) groups excluding carboxylic acids is 2. The molecule has 108 valence electrons. The first-order chi connectivity index (χ1) is 9.69. The number of ether oxygens (including phenoxy) is 3. The Kier molecular flexibility index (Phi) is 4.95. The fourth-order valence-electron chi connectivity index (χ4n) is 1.89. The van der Waals surface area contributed by atoms with Crippen molar-refractivity contribution in [3.05, 3.63) is 35.9 Å². The average Bonchev–Trinajstić information content (AvgIpc) is 2.78. The van der Waals surface area contributed by atoms with E-state index in [0.29, 0.717) is 6.61 Å². The summed E-state index contributed by atoms with van der Waals surface area (Å²) in [5, 5.41) is 2.58. The summed E-state index contributed by atoms with van der Waals surface area (Å²) in [7, 11) is 0. The maximum absolute atomic E-state index is 11.7. The molecule has 1 aromatic carbocycles. The van der Waals surface area contributed by atoms with Gasteiger partial charge in [0.25, 0.3) is 0 Å². The summed E-state index contributed by atoms with van der Waals surface area (Å²) in [6, 6.07) is 8.83. The van der Waals surface area contributed by atoms with Crippen molar-refractivity contribution in [2.75, 3.05) is 6.61 Å². The normalized spacial score (nSPS) is 21.4. The predicted molar refractivity (Wildman–Crippen MR) is 69.7 cm³/mol. The fourth-order valence-corrected chi connectivity index (χ4v) is 1.89. The van der Waals surface area contributed by atoms with E-state index >= 15 is 0 Å². The molecule has 1 saturated heterocycles. The minimum absolute atomic E-state index is 0.0884. The molecule has 0 spiro atoms. The molecule has 2 atom stereocenters. The lowest BCUT2D eigenvalue weighted by Crippen LogP contribution is -2.41. The summed E-state index contributed by atoms with van der Waals surface area (Å²) in [5.74, 6) is -0.392. The number of cyclic esters (lactones) is 1. The van der Waals surface area contributed by atoms with E-state index in [2.05, 4.69) is 5.32 Å². The van der Waals surface area contributed by atoms with Crippen LogP contribution in [-0.2, 0) is 25.6 Å². The van der Waals surface area contributed by atoms with Gasteiger partial charge in [-0.25, -0.2) is 4.79 Å². The molecule has 0 saturated carbocycles. The highest BCUT2D eigenvalue weighted by Crippen LogP contribution is 2.16. The average molecular weight is 279 g/mol. The summed E-state index contributed by atoms with van der Waals surface area (Å²) in [5.41, 5.74) is 0.891. The number of benzene rings is 1. The summed E-state index contributed by atoms with van der Waals surface area (Å²) in [6.45, 7) is 2.36. The molecule has 20 heavy (non-hydrogen) atoms. The van der Waals surface area contributed by atoms with E-state index in [1.165, 1.54) is 0 Å². The topological polar surface area (TPSA) is 73.9 Å². The second-order valence-corrected chi connectivity index (χ2v) is 4.33. The highest BCUT2D eigenvalue weighted by molar-refractivity contribution is 5.75. The summed E-state index contributed by atoms with van der Waals surface area (Å²) in [6.07, 6.45) is -1.25. The Balaban J connectivity index is 1.80. The summed E-state index contributed by atoms with van der Waals surface area (Å²) < 4.78 is 15.3. The third-order valence-corrected chi connectivity index (χ3v) is 2.81. The molecule has 1 amide bonds. The van der Waals surface area contributed by atoms with Gasteiger partial charge < -0.3 is 19.5 Å². The van der Waals surface area contributed by atoms with E-state index < -0.39 is 24.4 Å². The molecule has 1 aliphatic rings. The first-order valence-corrected chi connectivity index (χ1v) is 6.47. The lowest BCUT2D eigenvalue weighted by atomic mass is 10.2. The molecule has 6 nitrogen and oxygen atoms in total. The maximum atomic E-state index is 11.7. The third kappa shape index (κ3) is 3.96. The van der Waals surface area contributed by atoms with E-state index in [0.717, 1.165) is 5.56 Å². The van der Waals surface area contributed by atoms with Crippen molar-refractivity contribution >= 4 is 12.1 Å². The Morgan fingerprint density at radius 2 is 2.15 bits per heavy atom. The number of amides is 1. The Labute approximate surface area is 117 Å². The van der Waals surface area contributed by atoms with Gasteiger partial charge in [-0.15, -0.1) is 0 Å². The second kappa shape index (κ2) is 6.91. The predicted octanol–water partition coefficient (Wildman–Crippen LogP) is 1.59. The van der Waals surface area contributed by atoms with Crippen LogP contribution in [0, 0.1) is 0 Å². The smallest absolute Gasteiger partial charge is 0.407 e. The van der Waals surface area contributed by atoms with Crippen LogP contribution in [0.5, 0.6) is 0 Å². The largest absolute Gasteiger partial charge is 0.445 e. The van der Waals surface area contributed by atoms with Gasteiger partial charge in [0.15, 0.2) is 0 Å². The van der Waals surface area contributed by atoms with Crippen molar-refractivity contribution < 1.29 is 23.8 Å². The SMILES string of the molecule is CCOC1OC(=O)C[C@@H]1NC(=O)OCc1ccccc1. The quantitative estimate of drug-likeness (QED) is 0.828. The molecule has 2 rings (SSSR count). The lowest BCUT2D eigenvalue weighted by molar-refractivity contribution is -0.163. The van der Waals surface area contributed by atoms with Gasteiger partial charge in [0.2, 0.25) is 6.29 Å². The number of nitrogens with one attached hydrogen (secondary N) is 1. The molecular formula is C14H17NO5. The monoisotopic (exact) mass is 279 g/mol. The molecule has 0 bridgehead atoms. The van der Waals surface area contributed by atoms with Crippen LogP contribution in [0.15, 0.2) is 30.3 Å². The molecule has 1 heterocycles. The Morgan fingerprint density at radius 1 is 1.40 bits per heavy atom. The highest BCUT2D eigenvalue weighted by Gasteiger charge is 2.36. The second-order valence-electron chi connectivity index (χ2n) is 4.33. The van der Waals surface area contributed by atoms with Crippen molar-refractivity contribution in [3.63, 3.8) is 0 Å². The molecule has 1 aromatic rings. The number of alkyl carbamates (subject to hydrolysis) is 1. The number of esters is 1. The number of carbonyl (C=O) groups is 2. The van der Waals surface area contributed by atoms with E-state index in [4.69, 9.17) is 14.2 Å². The molecule has 1 aliphatic heterocycles. The molecule has 1 fully saturated rings. The van der Waals surface area contributed by atoms with E-state index in [1.54, 1.807) is 6.92 Å². The number of rotatable bonds is 5. The lowest BCUT2D eigenvalue weighted by Gasteiger charge is -2.18. The van der Waals surface area contributed by atoms with Gasteiger partial charge in [0.05, 0.1) is 6.42 Å². The first kappa shape index (κ1) is 14.3. The van der Waals surface area contributed by atoms with Crippen LogP contribution in [-0.4, -0.2) is 31.0 Å². The zero-order chi connectivity index (χ0) is 14.4. The van der Waals surface area contributed by atoms with Crippen molar-refractivity contribution in [2.45, 2.75) is 32.3 Å². The van der Waals surface area contributed by atoms with Crippen molar-refractivity contribution in [2.24, 2.45) is 0 Å². The van der Waals surface area contributed by atoms with Crippen LogP contribution in [0.4, 0.5) is 4.79 Å². The van der Waals surface area contributed by atoms with E-state index in [-0.39, 0.29) is 13.0 Å². The minimum Gasteiger partial charge on any atom is -0.445 e. The van der Waals surface area contributed by atoms with E-state index in [9.17, 15) is 9.59 Å². The first-order valence-electron chi connectivity index (χ1n) is 6.47. The standard InChI is InChI=1S/C14H17NO5/c1-2-18-13-11(8-12(16)20-13)15-14(17)19-9-10-6-4-3-5-7-10/h3-7,11,13H,2,8-9H2,1H3,(H,15,17)/t11-,13?/m0/s1. The third-order valence-electron chi connectivity index (χ3n) is 2.81. The van der Waals surface area contributed by atoms with Crippen molar-refractivity contribution in [1.82, 2.24) is 5.32 Å². The van der Waals surface area contributed by atoms with E-state index in [1.807, 2.05) is 30.3 Å². The van der Waals surface area contributed by atoms with Crippen LogP contribution >= 0.6 is 0 Å². The van der Waals surface area contributed by atoms with Crippen LogP contribution in [0.2, 0.25) is 0 Å². The van der Waals surface area contributed by atoms with Crippen LogP contribution in [0.25, 0.3) is 0 Å². The molecule has 0 aliphatic carbocycles. The van der Waals surface area contributed by atoms with Gasteiger partial charge in [0.1, 0.15) is 12.6 Å². The molecule has 0 radical (unpaired) electrons. The molecule has 0 aromatic heterocycles. The van der Waals surface area contributed by atoms with Gasteiger partial charge in [-0.05, 0) is 12.5 Å². The number of hydrogen-bond donors (Lipinski definition) is 1. The van der Waals surface area contributed by atoms with Crippen LogP contribution in [0.1, 0.15) is 18.9 Å². The number of hydrogen-bond acceptors (Lipinski definition) is 5. The van der Waals surface area contributed by atoms with Gasteiger partial charge in [-0.1, -0.05) is 30.3 Å². The Morgan fingerprint density at radius 3 is 2.85 bits per heavy atom. The summed E-state index contributed by atoms with van der Waals surface area (Å²) >= 11 is 0. The molecule has 6 heteroatoms. The highest BCUT2D eigenvalue weighted by atomic mass is 16.7. The maximum Gasteiger partial charge on any atom is 0.407 e. The van der Waals surface area contributed by atoms with Gasteiger partial charge in [-0.2, -0.15) is 0 Å². The van der Waals surface area contributed by atoms with Crippen LogP contribution < -0.4 is 5.32 Å². The Hall–Kier alpha value is -2.08. The molecule has 1 unspecified atom stereocenters. The molecular weight excluding hydrogens is 262 g/mol. The van der Waals surface area contributed by atoms with Gasteiger partial charge >= 0.3 is 12.1 Å². The van der Waals surface area contributed by atoms with Crippen LogP contribution in [0.3, 0.4) is 0 Å². The Bertz CT molecular complexity index is 462. The summed E-state index contributed by atoms with van der Waals surface area (Å²) in [4.78, 5) is 22.9. The minimum atomic E-state index is -0.739.